The maximum atomic E-state index is 14.3. The van der Waals surface area contributed by atoms with Crippen LogP contribution in [0.1, 0.15) is 50.7 Å². The predicted molar refractivity (Wildman–Crippen MR) is 80.8 cm³/mol. The molecule has 0 radical (unpaired) electrons. The van der Waals surface area contributed by atoms with E-state index in [1.807, 2.05) is 4.90 Å². The van der Waals surface area contributed by atoms with Crippen molar-refractivity contribution in [2.75, 3.05) is 18.0 Å². The van der Waals surface area contributed by atoms with Crippen LogP contribution < -0.4 is 4.90 Å². The molecule has 1 aliphatic heterocycles. The zero-order valence-electron chi connectivity index (χ0n) is 12.6. The molecule has 4 heteroatoms. The summed E-state index contributed by atoms with van der Waals surface area (Å²) in [6.07, 6.45) is 4.10. The quantitative estimate of drug-likeness (QED) is 0.881. The molecule has 2 N–H and O–H groups in total. The summed E-state index contributed by atoms with van der Waals surface area (Å²) in [6, 6.07) is 4.87. The first-order valence-corrected chi connectivity index (χ1v) is 7.95. The lowest BCUT2D eigenvalue weighted by molar-refractivity contribution is -0.0614. The number of anilines is 1. The lowest BCUT2D eigenvalue weighted by Crippen LogP contribution is -2.53. The molecule has 0 aromatic heterocycles. The Bertz CT molecular complexity index is 520. The Hall–Kier alpha value is -1.13. The number of aliphatic hydroxyl groups excluding tert-OH is 1. The SMILES string of the molecule is C[C@H](O)c1cccc(F)c1N1CCC2(O)CCCCC2C1. The summed E-state index contributed by atoms with van der Waals surface area (Å²) in [7, 11) is 0. The van der Waals surface area contributed by atoms with E-state index in [9.17, 15) is 14.6 Å². The minimum absolute atomic E-state index is 0.210. The summed E-state index contributed by atoms with van der Waals surface area (Å²) in [4.78, 5) is 2.02. The standard InChI is InChI=1S/C17H24FNO2/c1-12(20)14-6-4-7-15(18)16(14)19-10-9-17(21)8-3-2-5-13(17)11-19/h4,6-7,12-13,20-21H,2-3,5,8-11H2,1H3/t12-,13?,17?/m0/s1. The van der Waals surface area contributed by atoms with Gasteiger partial charge in [-0.1, -0.05) is 25.0 Å². The average molecular weight is 293 g/mol. The van der Waals surface area contributed by atoms with E-state index in [0.29, 0.717) is 30.8 Å². The van der Waals surface area contributed by atoms with Crippen LogP contribution in [-0.4, -0.2) is 28.9 Å². The monoisotopic (exact) mass is 293 g/mol. The van der Waals surface area contributed by atoms with Gasteiger partial charge in [0.2, 0.25) is 0 Å². The van der Waals surface area contributed by atoms with Gasteiger partial charge in [0.25, 0.3) is 0 Å². The van der Waals surface area contributed by atoms with Crippen LogP contribution in [0.5, 0.6) is 0 Å². The molecule has 116 valence electrons. The lowest BCUT2D eigenvalue weighted by Gasteiger charge is -2.48. The molecule has 1 aliphatic carbocycles. The van der Waals surface area contributed by atoms with Crippen LogP contribution in [0, 0.1) is 11.7 Å². The molecule has 2 fully saturated rings. The second-order valence-electron chi connectivity index (χ2n) is 6.60. The van der Waals surface area contributed by atoms with Gasteiger partial charge in [0, 0.05) is 24.6 Å². The third kappa shape index (κ3) is 2.67. The maximum Gasteiger partial charge on any atom is 0.146 e. The van der Waals surface area contributed by atoms with Crippen LogP contribution in [0.3, 0.4) is 0 Å². The van der Waals surface area contributed by atoms with Gasteiger partial charge < -0.3 is 15.1 Å². The molecule has 3 atom stereocenters. The van der Waals surface area contributed by atoms with Crippen molar-refractivity contribution in [3.8, 4) is 0 Å². The first kappa shape index (κ1) is 14.8. The molecule has 0 bridgehead atoms. The van der Waals surface area contributed by atoms with Crippen LogP contribution in [0.4, 0.5) is 10.1 Å². The molecule has 1 saturated carbocycles. The number of piperidine rings is 1. The van der Waals surface area contributed by atoms with Crippen molar-refractivity contribution in [1.29, 1.82) is 0 Å². The van der Waals surface area contributed by atoms with E-state index >= 15 is 0 Å². The maximum absolute atomic E-state index is 14.3. The zero-order valence-corrected chi connectivity index (χ0v) is 12.6. The van der Waals surface area contributed by atoms with Crippen molar-refractivity contribution < 1.29 is 14.6 Å². The topological polar surface area (TPSA) is 43.7 Å². The van der Waals surface area contributed by atoms with Gasteiger partial charge in [-0.2, -0.15) is 0 Å². The Kier molecular flexibility index (Phi) is 3.93. The van der Waals surface area contributed by atoms with Gasteiger partial charge in [0.05, 0.1) is 17.4 Å². The fraction of sp³-hybridized carbons (Fsp3) is 0.647. The van der Waals surface area contributed by atoms with Gasteiger partial charge in [0.15, 0.2) is 0 Å². The third-order valence-corrected chi connectivity index (χ3v) is 5.21. The van der Waals surface area contributed by atoms with Crippen molar-refractivity contribution in [1.82, 2.24) is 0 Å². The van der Waals surface area contributed by atoms with E-state index in [1.165, 1.54) is 6.07 Å². The van der Waals surface area contributed by atoms with E-state index in [2.05, 4.69) is 0 Å². The second kappa shape index (κ2) is 5.58. The van der Waals surface area contributed by atoms with E-state index in [-0.39, 0.29) is 11.7 Å². The van der Waals surface area contributed by atoms with Crippen molar-refractivity contribution in [2.24, 2.45) is 5.92 Å². The van der Waals surface area contributed by atoms with Crippen LogP contribution in [0.25, 0.3) is 0 Å². The lowest BCUT2D eigenvalue weighted by atomic mass is 9.71. The second-order valence-corrected chi connectivity index (χ2v) is 6.60. The molecule has 2 unspecified atom stereocenters. The Balaban J connectivity index is 1.89. The summed E-state index contributed by atoms with van der Waals surface area (Å²) in [5, 5.41) is 20.6. The minimum Gasteiger partial charge on any atom is -0.389 e. The third-order valence-electron chi connectivity index (χ3n) is 5.21. The Morgan fingerprint density at radius 3 is 2.90 bits per heavy atom. The predicted octanol–water partition coefficient (Wildman–Crippen LogP) is 3.01. The molecule has 3 nitrogen and oxygen atoms in total. The number of aliphatic hydroxyl groups is 2. The van der Waals surface area contributed by atoms with Gasteiger partial charge in [-0.05, 0) is 32.3 Å². The summed E-state index contributed by atoms with van der Waals surface area (Å²) in [5.74, 6) is -0.0731. The Morgan fingerprint density at radius 2 is 2.14 bits per heavy atom. The zero-order chi connectivity index (χ0) is 15.0. The van der Waals surface area contributed by atoms with E-state index < -0.39 is 11.7 Å². The fourth-order valence-electron chi connectivity index (χ4n) is 3.98. The fourth-order valence-corrected chi connectivity index (χ4v) is 3.98. The Labute approximate surface area is 125 Å². The molecule has 2 aliphatic rings. The molecule has 1 aromatic rings. The van der Waals surface area contributed by atoms with E-state index in [1.54, 1.807) is 19.1 Å². The van der Waals surface area contributed by atoms with E-state index in [0.717, 1.165) is 25.7 Å². The normalized spacial score (nSPS) is 30.9. The van der Waals surface area contributed by atoms with Crippen molar-refractivity contribution in [3.63, 3.8) is 0 Å². The molecule has 1 saturated heterocycles. The summed E-state index contributed by atoms with van der Waals surface area (Å²) in [6.45, 7) is 2.99. The molecular formula is C17H24FNO2. The molecular weight excluding hydrogens is 269 g/mol. The average Bonchev–Trinajstić information content (AvgIpc) is 2.46. The van der Waals surface area contributed by atoms with Crippen LogP contribution >= 0.6 is 0 Å². The molecule has 21 heavy (non-hydrogen) atoms. The minimum atomic E-state index is -0.692. The molecule has 1 heterocycles. The van der Waals surface area contributed by atoms with Crippen LogP contribution in [-0.2, 0) is 0 Å². The summed E-state index contributed by atoms with van der Waals surface area (Å²) in [5.41, 5.74) is 0.585. The van der Waals surface area contributed by atoms with Crippen molar-refractivity contribution in [2.45, 2.75) is 50.7 Å². The Morgan fingerprint density at radius 1 is 1.33 bits per heavy atom. The van der Waals surface area contributed by atoms with Crippen molar-refractivity contribution in [3.05, 3.63) is 29.6 Å². The van der Waals surface area contributed by atoms with Crippen LogP contribution in [0.15, 0.2) is 18.2 Å². The number of rotatable bonds is 2. The van der Waals surface area contributed by atoms with Crippen molar-refractivity contribution >= 4 is 5.69 Å². The summed E-state index contributed by atoms with van der Waals surface area (Å²) >= 11 is 0. The highest BCUT2D eigenvalue weighted by molar-refractivity contribution is 5.56. The van der Waals surface area contributed by atoms with Gasteiger partial charge in [-0.15, -0.1) is 0 Å². The largest absolute Gasteiger partial charge is 0.389 e. The number of para-hydroxylation sites is 1. The molecule has 3 rings (SSSR count). The smallest absolute Gasteiger partial charge is 0.146 e. The van der Waals surface area contributed by atoms with Gasteiger partial charge in [0.1, 0.15) is 5.82 Å². The highest BCUT2D eigenvalue weighted by atomic mass is 19.1. The molecule has 1 aromatic carbocycles. The highest BCUT2D eigenvalue weighted by Crippen LogP contribution is 2.42. The number of halogens is 1. The van der Waals surface area contributed by atoms with Gasteiger partial charge >= 0.3 is 0 Å². The number of fused-ring (bicyclic) bond motifs is 1. The number of benzene rings is 1. The number of nitrogens with zero attached hydrogens (tertiary/aromatic N) is 1. The van der Waals surface area contributed by atoms with Gasteiger partial charge in [-0.25, -0.2) is 4.39 Å². The van der Waals surface area contributed by atoms with Crippen LogP contribution in [0.2, 0.25) is 0 Å². The first-order valence-electron chi connectivity index (χ1n) is 7.95. The van der Waals surface area contributed by atoms with E-state index in [4.69, 9.17) is 0 Å². The summed E-state index contributed by atoms with van der Waals surface area (Å²) < 4.78 is 14.3. The highest BCUT2D eigenvalue weighted by Gasteiger charge is 2.43. The van der Waals surface area contributed by atoms with Gasteiger partial charge in [-0.3, -0.25) is 0 Å². The number of hydrogen-bond acceptors (Lipinski definition) is 3. The molecule has 0 amide bonds. The first-order chi connectivity index (χ1) is 10.0. The number of hydrogen-bond donors (Lipinski definition) is 2. The molecule has 0 spiro atoms.